The minimum atomic E-state index is -3.64. The van der Waals surface area contributed by atoms with Gasteiger partial charge in [0.1, 0.15) is 11.9 Å². The molecule has 3 atom stereocenters. The smallest absolute Gasteiger partial charge is 0.255 e. The van der Waals surface area contributed by atoms with Gasteiger partial charge in [0, 0.05) is 32.6 Å². The van der Waals surface area contributed by atoms with Gasteiger partial charge in [-0.25, -0.2) is 12.7 Å². The fraction of sp³-hybridized carbons (Fsp3) is 0.632. The largest absolute Gasteiger partial charge is 0.489 e. The first kappa shape index (κ1) is 20.1. The molecule has 0 bridgehead atoms. The number of rotatable bonds is 6. The molecule has 7 nitrogen and oxygen atoms in total. The van der Waals surface area contributed by atoms with Gasteiger partial charge in [0.2, 0.25) is 10.0 Å². The third-order valence-electron chi connectivity index (χ3n) is 5.33. The van der Waals surface area contributed by atoms with Gasteiger partial charge >= 0.3 is 0 Å². The van der Waals surface area contributed by atoms with Gasteiger partial charge in [0.25, 0.3) is 5.91 Å². The highest BCUT2D eigenvalue weighted by atomic mass is 32.2. The average Bonchev–Trinajstić information content (AvgIpc) is 3.26. The molecule has 3 unspecified atom stereocenters. The molecule has 0 spiro atoms. The van der Waals surface area contributed by atoms with E-state index in [1.54, 1.807) is 6.07 Å². The maximum atomic E-state index is 13.1. The Morgan fingerprint density at radius 1 is 1.41 bits per heavy atom. The van der Waals surface area contributed by atoms with Crippen molar-refractivity contribution in [3.8, 4) is 5.75 Å². The van der Waals surface area contributed by atoms with Crippen molar-refractivity contribution in [2.24, 2.45) is 0 Å². The Hall–Kier alpha value is -1.64. The summed E-state index contributed by atoms with van der Waals surface area (Å²) < 4.78 is 32.2. The molecule has 1 amide bonds. The van der Waals surface area contributed by atoms with Crippen molar-refractivity contribution in [3.05, 3.63) is 23.3 Å². The third-order valence-corrected chi connectivity index (χ3v) is 7.12. The summed E-state index contributed by atoms with van der Waals surface area (Å²) >= 11 is 0. The van der Waals surface area contributed by atoms with Gasteiger partial charge in [-0.1, -0.05) is 6.92 Å². The molecule has 0 saturated carbocycles. The van der Waals surface area contributed by atoms with Crippen molar-refractivity contribution in [1.29, 1.82) is 0 Å². The Labute approximate surface area is 161 Å². The predicted octanol–water partition coefficient (Wildman–Crippen LogP) is 1.52. The van der Waals surface area contributed by atoms with Crippen LogP contribution in [0.1, 0.15) is 49.0 Å². The van der Waals surface area contributed by atoms with E-state index >= 15 is 0 Å². The Balaban J connectivity index is 1.96. The number of carbonyl (C=O) groups excluding carboxylic acids is 1. The number of benzene rings is 1. The zero-order valence-electron chi connectivity index (χ0n) is 16.4. The highest BCUT2D eigenvalue weighted by Gasteiger charge is 2.32. The fourth-order valence-corrected chi connectivity index (χ4v) is 4.80. The van der Waals surface area contributed by atoms with Crippen LogP contribution in [0.5, 0.6) is 5.75 Å². The summed E-state index contributed by atoms with van der Waals surface area (Å²) in [6.45, 7) is 4.92. The molecule has 1 saturated heterocycles. The van der Waals surface area contributed by atoms with Crippen molar-refractivity contribution in [1.82, 2.24) is 14.9 Å². The molecule has 2 aliphatic heterocycles. The molecule has 1 aromatic carbocycles. The summed E-state index contributed by atoms with van der Waals surface area (Å²) in [5, 5.41) is 6.51. The molecule has 3 rings (SSSR count). The minimum absolute atomic E-state index is 0.00332. The molecule has 0 radical (unpaired) electrons. The first-order valence-corrected chi connectivity index (χ1v) is 11.0. The number of fused-ring (bicyclic) bond motifs is 1. The lowest BCUT2D eigenvalue weighted by Gasteiger charge is -2.24. The molecule has 1 aromatic rings. The molecule has 27 heavy (non-hydrogen) atoms. The van der Waals surface area contributed by atoms with E-state index in [2.05, 4.69) is 10.6 Å². The topological polar surface area (TPSA) is 87.7 Å². The van der Waals surface area contributed by atoms with Crippen LogP contribution in [0, 0.1) is 0 Å². The van der Waals surface area contributed by atoms with E-state index in [9.17, 15) is 13.2 Å². The van der Waals surface area contributed by atoms with E-state index in [-0.39, 0.29) is 29.0 Å². The normalized spacial score (nSPS) is 23.1. The molecule has 150 valence electrons. The molecule has 0 aliphatic carbocycles. The summed E-state index contributed by atoms with van der Waals surface area (Å²) in [6.07, 6.45) is 3.44. The van der Waals surface area contributed by atoms with Crippen LogP contribution in [-0.2, 0) is 16.4 Å². The second kappa shape index (κ2) is 7.77. The van der Waals surface area contributed by atoms with Crippen LogP contribution < -0.4 is 15.4 Å². The number of amides is 1. The number of hydrogen-bond donors (Lipinski definition) is 2. The standard InChI is InChI=1S/C19H29N3O4S/c1-5-16(17-7-6-8-20-17)21-19(23)15-11-14(27(24,25)22(3)4)10-13-9-12(2)26-18(13)15/h10-12,16-17,20H,5-9H2,1-4H3,(H,21,23). The Morgan fingerprint density at radius 2 is 2.15 bits per heavy atom. The van der Waals surface area contributed by atoms with Crippen molar-refractivity contribution in [3.63, 3.8) is 0 Å². The predicted molar refractivity (Wildman–Crippen MR) is 104 cm³/mol. The highest BCUT2D eigenvalue weighted by Crippen LogP contribution is 2.35. The van der Waals surface area contributed by atoms with E-state index in [1.165, 1.54) is 20.2 Å². The van der Waals surface area contributed by atoms with Crippen LogP contribution in [0.2, 0.25) is 0 Å². The minimum Gasteiger partial charge on any atom is -0.489 e. The summed E-state index contributed by atoms with van der Waals surface area (Å²) in [5.74, 6) is 0.226. The summed E-state index contributed by atoms with van der Waals surface area (Å²) in [4.78, 5) is 13.2. The first-order valence-electron chi connectivity index (χ1n) is 9.54. The Kier molecular flexibility index (Phi) is 5.79. The van der Waals surface area contributed by atoms with Crippen LogP contribution >= 0.6 is 0 Å². The zero-order chi connectivity index (χ0) is 19.8. The Morgan fingerprint density at radius 3 is 2.74 bits per heavy atom. The lowest BCUT2D eigenvalue weighted by molar-refractivity contribution is 0.0922. The Bertz CT molecular complexity index is 816. The van der Waals surface area contributed by atoms with Crippen LogP contribution in [-0.4, -0.2) is 57.5 Å². The maximum absolute atomic E-state index is 13.1. The van der Waals surface area contributed by atoms with E-state index in [0.717, 1.165) is 35.7 Å². The van der Waals surface area contributed by atoms with E-state index in [0.29, 0.717) is 17.7 Å². The summed E-state index contributed by atoms with van der Waals surface area (Å²) in [6, 6.07) is 3.32. The number of nitrogens with zero attached hydrogens (tertiary/aromatic N) is 1. The van der Waals surface area contributed by atoms with Gasteiger partial charge in [0.05, 0.1) is 10.5 Å². The van der Waals surface area contributed by atoms with Gasteiger partial charge in [-0.3, -0.25) is 4.79 Å². The summed E-state index contributed by atoms with van der Waals surface area (Å²) in [7, 11) is -0.663. The van der Waals surface area contributed by atoms with Crippen molar-refractivity contribution >= 4 is 15.9 Å². The number of sulfonamides is 1. The molecule has 2 heterocycles. The number of hydrogen-bond acceptors (Lipinski definition) is 5. The second-order valence-corrected chi connectivity index (χ2v) is 9.72. The highest BCUT2D eigenvalue weighted by molar-refractivity contribution is 7.89. The van der Waals surface area contributed by atoms with E-state index < -0.39 is 10.0 Å². The van der Waals surface area contributed by atoms with Crippen LogP contribution in [0.15, 0.2) is 17.0 Å². The second-order valence-electron chi connectivity index (χ2n) is 7.57. The fourth-order valence-electron chi connectivity index (χ4n) is 3.82. The van der Waals surface area contributed by atoms with Crippen molar-refractivity contribution in [2.75, 3.05) is 20.6 Å². The number of nitrogens with one attached hydrogen (secondary N) is 2. The van der Waals surface area contributed by atoms with Gasteiger partial charge in [-0.15, -0.1) is 0 Å². The zero-order valence-corrected chi connectivity index (χ0v) is 17.2. The SMILES string of the molecule is CCC(NC(=O)c1cc(S(=O)(=O)N(C)C)cc2c1OC(C)C2)C1CCCN1. The molecular weight excluding hydrogens is 366 g/mol. The number of carbonyl (C=O) groups is 1. The van der Waals surface area contributed by atoms with Gasteiger partial charge < -0.3 is 15.4 Å². The molecule has 0 aromatic heterocycles. The van der Waals surface area contributed by atoms with Crippen molar-refractivity contribution < 1.29 is 17.9 Å². The van der Waals surface area contributed by atoms with Gasteiger partial charge in [-0.05, 0) is 50.4 Å². The molecule has 1 fully saturated rings. The van der Waals surface area contributed by atoms with Crippen LogP contribution in [0.3, 0.4) is 0 Å². The molecule has 2 aliphatic rings. The van der Waals surface area contributed by atoms with Crippen molar-refractivity contribution in [2.45, 2.75) is 62.6 Å². The van der Waals surface area contributed by atoms with Crippen LogP contribution in [0.25, 0.3) is 0 Å². The first-order chi connectivity index (χ1) is 12.7. The molecule has 2 N–H and O–H groups in total. The van der Waals surface area contributed by atoms with E-state index in [1.807, 2.05) is 13.8 Å². The average molecular weight is 396 g/mol. The molecular formula is C19H29N3O4S. The van der Waals surface area contributed by atoms with E-state index in [4.69, 9.17) is 4.74 Å². The maximum Gasteiger partial charge on any atom is 0.255 e. The lowest BCUT2D eigenvalue weighted by atomic mass is 10.0. The number of ether oxygens (including phenoxy) is 1. The van der Waals surface area contributed by atoms with Crippen LogP contribution in [0.4, 0.5) is 0 Å². The van der Waals surface area contributed by atoms with Gasteiger partial charge in [-0.2, -0.15) is 0 Å². The third kappa shape index (κ3) is 3.97. The summed E-state index contributed by atoms with van der Waals surface area (Å²) in [5.41, 5.74) is 1.07. The quantitative estimate of drug-likeness (QED) is 0.763. The monoisotopic (exact) mass is 395 g/mol. The van der Waals surface area contributed by atoms with Gasteiger partial charge in [0.15, 0.2) is 0 Å². The lowest BCUT2D eigenvalue weighted by Crippen LogP contribution is -2.47. The molecule has 8 heteroatoms.